The number of pyridine rings is 1. The number of rotatable bonds is 4. The number of hydrogen-bond donors (Lipinski definition) is 1. The van der Waals surface area contributed by atoms with Crippen molar-refractivity contribution in [2.75, 3.05) is 0 Å². The minimum absolute atomic E-state index is 0.301. The summed E-state index contributed by atoms with van der Waals surface area (Å²) in [6.07, 6.45) is 3.72. The van der Waals surface area contributed by atoms with E-state index in [0.717, 1.165) is 11.6 Å². The zero-order valence-corrected chi connectivity index (χ0v) is 11.4. The molecule has 18 heavy (non-hydrogen) atoms. The Morgan fingerprint density at radius 2 is 1.94 bits per heavy atom. The molecule has 94 valence electrons. The molecule has 1 aromatic heterocycles. The summed E-state index contributed by atoms with van der Waals surface area (Å²) in [5.41, 5.74) is 3.74. The van der Waals surface area contributed by atoms with Crippen LogP contribution in [0, 0.1) is 6.92 Å². The van der Waals surface area contributed by atoms with E-state index in [2.05, 4.69) is 42.3 Å². The van der Waals surface area contributed by atoms with Gasteiger partial charge in [0, 0.05) is 30.0 Å². The number of nitrogens with zero attached hydrogens (tertiary/aromatic N) is 1. The van der Waals surface area contributed by atoms with Crippen LogP contribution in [0.15, 0.2) is 42.7 Å². The van der Waals surface area contributed by atoms with Gasteiger partial charge < -0.3 is 5.32 Å². The van der Waals surface area contributed by atoms with E-state index in [0.29, 0.717) is 6.04 Å². The van der Waals surface area contributed by atoms with Gasteiger partial charge in [-0.3, -0.25) is 4.98 Å². The monoisotopic (exact) mass is 260 g/mol. The van der Waals surface area contributed by atoms with Gasteiger partial charge in [0.05, 0.1) is 0 Å². The quantitative estimate of drug-likeness (QED) is 0.902. The Labute approximate surface area is 113 Å². The zero-order chi connectivity index (χ0) is 13.0. The molecule has 0 bridgehead atoms. The van der Waals surface area contributed by atoms with Crippen molar-refractivity contribution in [2.24, 2.45) is 0 Å². The fraction of sp³-hybridized carbons (Fsp3) is 0.267. The summed E-state index contributed by atoms with van der Waals surface area (Å²) < 4.78 is 0. The number of halogens is 1. The second-order valence-corrected chi connectivity index (χ2v) is 4.89. The van der Waals surface area contributed by atoms with Crippen molar-refractivity contribution >= 4 is 11.6 Å². The van der Waals surface area contributed by atoms with E-state index in [-0.39, 0.29) is 0 Å². The van der Waals surface area contributed by atoms with Gasteiger partial charge in [-0.25, -0.2) is 0 Å². The van der Waals surface area contributed by atoms with Crippen LogP contribution in [0.3, 0.4) is 0 Å². The fourth-order valence-electron chi connectivity index (χ4n) is 1.83. The lowest BCUT2D eigenvalue weighted by atomic mass is 10.1. The van der Waals surface area contributed by atoms with Crippen molar-refractivity contribution in [3.05, 3.63) is 64.4 Å². The Kier molecular flexibility index (Phi) is 4.34. The highest BCUT2D eigenvalue weighted by molar-refractivity contribution is 6.30. The van der Waals surface area contributed by atoms with Crippen LogP contribution in [0.5, 0.6) is 0 Å². The molecule has 2 nitrogen and oxygen atoms in total. The van der Waals surface area contributed by atoms with E-state index in [1.807, 2.05) is 24.5 Å². The van der Waals surface area contributed by atoms with Crippen molar-refractivity contribution in [1.29, 1.82) is 0 Å². The molecule has 0 aliphatic carbocycles. The molecule has 1 unspecified atom stereocenters. The first-order valence-electron chi connectivity index (χ1n) is 6.05. The number of aryl methyl sites for hydroxylation is 1. The maximum absolute atomic E-state index is 5.88. The van der Waals surface area contributed by atoms with Gasteiger partial charge in [0.2, 0.25) is 0 Å². The van der Waals surface area contributed by atoms with Crippen LogP contribution < -0.4 is 5.32 Å². The molecule has 3 heteroatoms. The summed E-state index contributed by atoms with van der Waals surface area (Å²) in [4.78, 5) is 4.10. The molecule has 0 amide bonds. The summed E-state index contributed by atoms with van der Waals surface area (Å²) >= 11 is 5.88. The average molecular weight is 261 g/mol. The fourth-order valence-corrected chi connectivity index (χ4v) is 1.96. The molecular formula is C15H17ClN2. The van der Waals surface area contributed by atoms with Crippen LogP contribution in [0.4, 0.5) is 0 Å². The zero-order valence-electron chi connectivity index (χ0n) is 10.7. The van der Waals surface area contributed by atoms with Crippen LogP contribution in [-0.4, -0.2) is 4.98 Å². The molecule has 2 aromatic rings. The van der Waals surface area contributed by atoms with E-state index in [4.69, 9.17) is 11.6 Å². The molecule has 0 saturated heterocycles. The molecular weight excluding hydrogens is 244 g/mol. The average Bonchev–Trinajstić information content (AvgIpc) is 2.38. The summed E-state index contributed by atoms with van der Waals surface area (Å²) in [5.74, 6) is 0. The molecule has 0 aliphatic heterocycles. The van der Waals surface area contributed by atoms with Crippen molar-refractivity contribution < 1.29 is 0 Å². The number of hydrogen-bond acceptors (Lipinski definition) is 2. The van der Waals surface area contributed by atoms with Crippen molar-refractivity contribution in [3.63, 3.8) is 0 Å². The molecule has 0 aliphatic rings. The molecule has 0 fully saturated rings. The van der Waals surface area contributed by atoms with Crippen LogP contribution in [0.2, 0.25) is 5.02 Å². The third-order valence-electron chi connectivity index (χ3n) is 3.11. The van der Waals surface area contributed by atoms with Crippen LogP contribution in [0.1, 0.15) is 29.7 Å². The van der Waals surface area contributed by atoms with E-state index in [1.165, 1.54) is 16.7 Å². The Morgan fingerprint density at radius 1 is 1.22 bits per heavy atom. The molecule has 0 spiro atoms. The van der Waals surface area contributed by atoms with Crippen molar-refractivity contribution in [2.45, 2.75) is 26.4 Å². The minimum atomic E-state index is 0.301. The maximum atomic E-state index is 5.88. The van der Waals surface area contributed by atoms with Crippen molar-refractivity contribution in [3.8, 4) is 0 Å². The Balaban J connectivity index is 1.98. The molecule has 1 atom stereocenters. The van der Waals surface area contributed by atoms with Gasteiger partial charge in [-0.1, -0.05) is 23.7 Å². The summed E-state index contributed by atoms with van der Waals surface area (Å²) in [5, 5.41) is 4.28. The molecule has 1 aromatic carbocycles. The SMILES string of the molecule is Cc1cnccc1CNC(C)c1ccc(Cl)cc1. The second kappa shape index (κ2) is 5.98. The predicted octanol–water partition coefficient (Wildman–Crippen LogP) is 3.89. The third-order valence-corrected chi connectivity index (χ3v) is 3.36. The van der Waals surface area contributed by atoms with E-state index >= 15 is 0 Å². The van der Waals surface area contributed by atoms with E-state index in [9.17, 15) is 0 Å². The van der Waals surface area contributed by atoms with Gasteiger partial charge in [-0.05, 0) is 48.7 Å². The normalized spacial score (nSPS) is 12.4. The van der Waals surface area contributed by atoms with Crippen molar-refractivity contribution in [1.82, 2.24) is 10.3 Å². The smallest absolute Gasteiger partial charge is 0.0406 e. The Morgan fingerprint density at radius 3 is 2.61 bits per heavy atom. The van der Waals surface area contributed by atoms with Gasteiger partial charge >= 0.3 is 0 Å². The summed E-state index contributed by atoms with van der Waals surface area (Å²) in [7, 11) is 0. The second-order valence-electron chi connectivity index (χ2n) is 4.46. The molecule has 1 N–H and O–H groups in total. The Hall–Kier alpha value is -1.38. The molecule has 0 saturated carbocycles. The van der Waals surface area contributed by atoms with Gasteiger partial charge in [0.15, 0.2) is 0 Å². The summed E-state index contributed by atoms with van der Waals surface area (Å²) in [6, 6.07) is 10.3. The molecule has 2 rings (SSSR count). The third kappa shape index (κ3) is 3.31. The first-order chi connectivity index (χ1) is 8.66. The van der Waals surface area contributed by atoms with Gasteiger partial charge in [-0.15, -0.1) is 0 Å². The summed E-state index contributed by atoms with van der Waals surface area (Å²) in [6.45, 7) is 5.08. The number of benzene rings is 1. The standard InChI is InChI=1S/C15H17ClN2/c1-11-9-17-8-7-14(11)10-18-12(2)13-3-5-15(16)6-4-13/h3-9,12,18H,10H2,1-2H3. The number of aromatic nitrogens is 1. The first-order valence-corrected chi connectivity index (χ1v) is 6.43. The van der Waals surface area contributed by atoms with Crippen LogP contribution >= 0.6 is 11.6 Å². The highest BCUT2D eigenvalue weighted by atomic mass is 35.5. The topological polar surface area (TPSA) is 24.9 Å². The minimum Gasteiger partial charge on any atom is -0.306 e. The highest BCUT2D eigenvalue weighted by Gasteiger charge is 2.05. The first kappa shape index (κ1) is 13.1. The van der Waals surface area contributed by atoms with Crippen LogP contribution in [0.25, 0.3) is 0 Å². The van der Waals surface area contributed by atoms with E-state index < -0.39 is 0 Å². The lowest BCUT2D eigenvalue weighted by Gasteiger charge is -2.15. The van der Waals surface area contributed by atoms with Gasteiger partial charge in [0.25, 0.3) is 0 Å². The number of nitrogens with one attached hydrogen (secondary N) is 1. The molecule has 0 radical (unpaired) electrons. The largest absolute Gasteiger partial charge is 0.306 e. The molecule has 1 heterocycles. The predicted molar refractivity (Wildman–Crippen MR) is 75.7 cm³/mol. The highest BCUT2D eigenvalue weighted by Crippen LogP contribution is 2.16. The van der Waals surface area contributed by atoms with Crippen LogP contribution in [-0.2, 0) is 6.54 Å². The van der Waals surface area contributed by atoms with Gasteiger partial charge in [0.1, 0.15) is 0 Å². The maximum Gasteiger partial charge on any atom is 0.0406 e. The van der Waals surface area contributed by atoms with Gasteiger partial charge in [-0.2, -0.15) is 0 Å². The Bertz CT molecular complexity index is 508. The van der Waals surface area contributed by atoms with E-state index in [1.54, 1.807) is 0 Å². The lowest BCUT2D eigenvalue weighted by Crippen LogP contribution is -2.18. The lowest BCUT2D eigenvalue weighted by molar-refractivity contribution is 0.573.